The van der Waals surface area contributed by atoms with E-state index in [4.69, 9.17) is 5.73 Å². The number of hydrogen-bond donors (Lipinski definition) is 1. The van der Waals surface area contributed by atoms with Gasteiger partial charge in [-0.25, -0.2) is 4.98 Å². The van der Waals surface area contributed by atoms with Crippen molar-refractivity contribution in [2.24, 2.45) is 0 Å². The summed E-state index contributed by atoms with van der Waals surface area (Å²) < 4.78 is 0. The molecule has 0 bridgehead atoms. The lowest BCUT2D eigenvalue weighted by Gasteiger charge is -2.10. The molecule has 2 aromatic carbocycles. The lowest BCUT2D eigenvalue weighted by atomic mass is 10.00. The summed E-state index contributed by atoms with van der Waals surface area (Å²) in [4.78, 5) is 4.59. The van der Waals surface area contributed by atoms with E-state index in [1.54, 1.807) is 0 Å². The maximum Gasteiger partial charge on any atom is 0.132 e. The van der Waals surface area contributed by atoms with Crippen LogP contribution in [0.5, 0.6) is 0 Å². The van der Waals surface area contributed by atoms with Gasteiger partial charge in [0, 0.05) is 10.9 Å². The van der Waals surface area contributed by atoms with E-state index in [0.29, 0.717) is 5.82 Å². The number of pyridine rings is 1. The second-order valence-corrected chi connectivity index (χ2v) is 4.88. The minimum absolute atomic E-state index is 0. The van der Waals surface area contributed by atoms with Gasteiger partial charge in [0.25, 0.3) is 0 Å². The number of anilines is 1. The smallest absolute Gasteiger partial charge is 0.132 e. The molecule has 0 amide bonds. The number of aromatic nitrogens is 1. The van der Waals surface area contributed by atoms with Crippen molar-refractivity contribution in [2.75, 3.05) is 5.73 Å². The Balaban J connectivity index is 0.00000147. The molecular weight excluding hydrogens is 268 g/mol. The van der Waals surface area contributed by atoms with Crippen LogP contribution in [-0.4, -0.2) is 4.98 Å². The number of aryl methyl sites for hydroxylation is 2. The van der Waals surface area contributed by atoms with Crippen molar-refractivity contribution in [3.63, 3.8) is 0 Å². The first-order chi connectivity index (χ1) is 9.16. The van der Waals surface area contributed by atoms with Gasteiger partial charge in [-0.05, 0) is 36.6 Å². The number of benzene rings is 2. The van der Waals surface area contributed by atoms with E-state index in [2.05, 4.69) is 49.2 Å². The first kappa shape index (κ1) is 14.4. The van der Waals surface area contributed by atoms with Crippen molar-refractivity contribution in [3.8, 4) is 11.1 Å². The average Bonchev–Trinajstić information content (AvgIpc) is 2.44. The topological polar surface area (TPSA) is 38.9 Å². The summed E-state index contributed by atoms with van der Waals surface area (Å²) in [6.45, 7) is 4.17. The summed E-state index contributed by atoms with van der Waals surface area (Å²) in [7, 11) is 0. The lowest BCUT2D eigenvalue weighted by molar-refractivity contribution is 1.35. The molecule has 1 aromatic heterocycles. The molecule has 0 saturated heterocycles. The first-order valence-corrected chi connectivity index (χ1v) is 6.38. The van der Waals surface area contributed by atoms with Crippen LogP contribution < -0.4 is 5.73 Å². The predicted molar refractivity (Wildman–Crippen MR) is 88.3 cm³/mol. The molecule has 3 heteroatoms. The molecule has 0 fully saturated rings. The highest BCUT2D eigenvalue weighted by molar-refractivity contribution is 5.92. The Bertz CT molecular complexity index is 752. The van der Waals surface area contributed by atoms with Crippen LogP contribution in [0.25, 0.3) is 22.0 Å². The van der Waals surface area contributed by atoms with Crippen LogP contribution in [0.1, 0.15) is 11.1 Å². The van der Waals surface area contributed by atoms with Crippen molar-refractivity contribution < 1.29 is 0 Å². The maximum absolute atomic E-state index is 6.13. The van der Waals surface area contributed by atoms with E-state index in [0.717, 1.165) is 22.2 Å². The molecule has 3 rings (SSSR count). The summed E-state index contributed by atoms with van der Waals surface area (Å²) in [6, 6.07) is 16.5. The third-order valence-corrected chi connectivity index (χ3v) is 3.52. The van der Waals surface area contributed by atoms with Crippen LogP contribution in [0.3, 0.4) is 0 Å². The van der Waals surface area contributed by atoms with Gasteiger partial charge in [0.1, 0.15) is 5.82 Å². The summed E-state index contributed by atoms with van der Waals surface area (Å²) in [5.74, 6) is 0.590. The van der Waals surface area contributed by atoms with Crippen LogP contribution in [0.15, 0.2) is 48.5 Å². The number of nitrogen functional groups attached to an aromatic ring is 1. The zero-order chi connectivity index (χ0) is 13.4. The van der Waals surface area contributed by atoms with Crippen LogP contribution in [0.4, 0.5) is 5.82 Å². The molecule has 102 valence electrons. The Kier molecular flexibility index (Phi) is 3.96. The normalized spacial score (nSPS) is 10.3. The molecule has 0 aliphatic rings. The molecule has 0 atom stereocenters. The fourth-order valence-corrected chi connectivity index (χ4v) is 2.40. The largest absolute Gasteiger partial charge is 0.383 e. The van der Waals surface area contributed by atoms with Crippen LogP contribution in [-0.2, 0) is 0 Å². The number of hydrogen-bond acceptors (Lipinski definition) is 2. The minimum atomic E-state index is 0. The molecule has 0 unspecified atom stereocenters. The summed E-state index contributed by atoms with van der Waals surface area (Å²) in [5.41, 5.74) is 11.6. The van der Waals surface area contributed by atoms with E-state index >= 15 is 0 Å². The number of nitrogens with zero attached hydrogens (tertiary/aromatic N) is 1. The predicted octanol–water partition coefficient (Wildman–Crippen LogP) is 4.52. The summed E-state index contributed by atoms with van der Waals surface area (Å²) >= 11 is 0. The molecule has 1 heterocycles. The number of rotatable bonds is 1. The van der Waals surface area contributed by atoms with Crippen molar-refractivity contribution in [1.82, 2.24) is 4.98 Å². The third-order valence-electron chi connectivity index (χ3n) is 3.52. The van der Waals surface area contributed by atoms with Gasteiger partial charge in [-0.15, -0.1) is 12.4 Å². The molecule has 0 aliphatic carbocycles. The van der Waals surface area contributed by atoms with Gasteiger partial charge < -0.3 is 5.73 Å². The van der Waals surface area contributed by atoms with Crippen molar-refractivity contribution in [2.45, 2.75) is 13.8 Å². The molecule has 3 aromatic rings. The highest BCUT2D eigenvalue weighted by Gasteiger charge is 2.09. The molecule has 0 aliphatic heterocycles. The lowest BCUT2D eigenvalue weighted by Crippen LogP contribution is -1.97. The van der Waals surface area contributed by atoms with Gasteiger partial charge in [-0.1, -0.05) is 42.5 Å². The van der Waals surface area contributed by atoms with E-state index in [1.807, 2.05) is 18.2 Å². The van der Waals surface area contributed by atoms with Gasteiger partial charge >= 0.3 is 0 Å². The van der Waals surface area contributed by atoms with Crippen molar-refractivity contribution in [1.29, 1.82) is 0 Å². The van der Waals surface area contributed by atoms with Crippen LogP contribution in [0, 0.1) is 13.8 Å². The number of nitrogens with two attached hydrogens (primary N) is 1. The fourth-order valence-electron chi connectivity index (χ4n) is 2.40. The summed E-state index contributed by atoms with van der Waals surface area (Å²) in [6.07, 6.45) is 0. The Hall–Kier alpha value is -2.06. The molecular formula is C17H17ClN2. The highest BCUT2D eigenvalue weighted by Crippen LogP contribution is 2.30. The fraction of sp³-hybridized carbons (Fsp3) is 0.118. The van der Waals surface area contributed by atoms with Gasteiger partial charge in [0.05, 0.1) is 5.52 Å². The standard InChI is InChI=1S/C17H16N2.ClH/c1-11-8-9-12(2)16-14(11)10-15(17(18)19-16)13-6-4-3-5-7-13;/h3-10H,1-2H3,(H2,18,19);1H. The Morgan fingerprint density at radius 2 is 1.55 bits per heavy atom. The maximum atomic E-state index is 6.13. The van der Waals surface area contributed by atoms with Crippen LogP contribution >= 0.6 is 12.4 Å². The molecule has 2 N–H and O–H groups in total. The van der Waals surface area contributed by atoms with Crippen LogP contribution in [0.2, 0.25) is 0 Å². The molecule has 0 saturated carbocycles. The monoisotopic (exact) mass is 284 g/mol. The molecule has 2 nitrogen and oxygen atoms in total. The van der Waals surface area contributed by atoms with Gasteiger partial charge in [0.15, 0.2) is 0 Å². The zero-order valence-electron chi connectivity index (χ0n) is 11.6. The van der Waals surface area contributed by atoms with Gasteiger partial charge in [-0.2, -0.15) is 0 Å². The Morgan fingerprint density at radius 1 is 0.900 bits per heavy atom. The van der Waals surface area contributed by atoms with E-state index in [9.17, 15) is 0 Å². The minimum Gasteiger partial charge on any atom is -0.383 e. The SMILES string of the molecule is Cc1ccc(C)c2nc(N)c(-c3ccccc3)cc12.Cl. The zero-order valence-corrected chi connectivity index (χ0v) is 12.4. The van der Waals surface area contributed by atoms with E-state index < -0.39 is 0 Å². The first-order valence-electron chi connectivity index (χ1n) is 6.38. The number of halogens is 1. The van der Waals surface area contributed by atoms with Gasteiger partial charge in [0.2, 0.25) is 0 Å². The van der Waals surface area contributed by atoms with E-state index in [-0.39, 0.29) is 12.4 Å². The van der Waals surface area contributed by atoms with E-state index in [1.165, 1.54) is 10.9 Å². The Labute approximate surface area is 125 Å². The third kappa shape index (κ3) is 2.35. The number of fused-ring (bicyclic) bond motifs is 1. The average molecular weight is 285 g/mol. The quantitative estimate of drug-likeness (QED) is 0.713. The molecule has 0 radical (unpaired) electrons. The molecule has 20 heavy (non-hydrogen) atoms. The van der Waals surface area contributed by atoms with Crippen molar-refractivity contribution in [3.05, 3.63) is 59.7 Å². The van der Waals surface area contributed by atoms with Crippen molar-refractivity contribution >= 4 is 29.1 Å². The second-order valence-electron chi connectivity index (χ2n) is 4.88. The Morgan fingerprint density at radius 3 is 2.25 bits per heavy atom. The second kappa shape index (κ2) is 5.51. The highest BCUT2D eigenvalue weighted by atomic mass is 35.5. The molecule has 0 spiro atoms. The van der Waals surface area contributed by atoms with Gasteiger partial charge in [-0.3, -0.25) is 0 Å². The summed E-state index contributed by atoms with van der Waals surface area (Å²) in [5, 5.41) is 1.17.